The largest absolute Gasteiger partial charge is 0.350 e. The molecule has 3 aromatic carbocycles. The number of sulfonamides is 1. The van der Waals surface area contributed by atoms with Crippen LogP contribution in [0.3, 0.4) is 0 Å². The van der Waals surface area contributed by atoms with Crippen LogP contribution < -0.4 is 9.62 Å². The highest BCUT2D eigenvalue weighted by atomic mass is 35.5. The highest BCUT2D eigenvalue weighted by Crippen LogP contribution is 2.28. The zero-order valence-electron chi connectivity index (χ0n) is 22.9. The second kappa shape index (κ2) is 12.6. The van der Waals surface area contributed by atoms with Crippen molar-refractivity contribution in [2.24, 2.45) is 0 Å². The summed E-state index contributed by atoms with van der Waals surface area (Å²) in [7, 11) is -4.27. The quantitative estimate of drug-likeness (QED) is 0.325. The van der Waals surface area contributed by atoms with Crippen molar-refractivity contribution in [3.8, 4) is 0 Å². The Morgan fingerprint density at radius 3 is 2.02 bits per heavy atom. The fourth-order valence-corrected chi connectivity index (χ4v) is 5.82. The minimum Gasteiger partial charge on any atom is -0.350 e. The van der Waals surface area contributed by atoms with Gasteiger partial charge in [0.1, 0.15) is 18.4 Å². The van der Waals surface area contributed by atoms with Crippen molar-refractivity contribution in [1.29, 1.82) is 0 Å². The fraction of sp³-hybridized carbons (Fsp3) is 0.310. The average molecular weight is 609 g/mol. The number of anilines is 1. The third-order valence-corrected chi connectivity index (χ3v) is 8.55. The van der Waals surface area contributed by atoms with Crippen molar-refractivity contribution < 1.29 is 22.4 Å². The van der Waals surface area contributed by atoms with E-state index in [0.717, 1.165) is 22.0 Å². The van der Waals surface area contributed by atoms with Gasteiger partial charge in [0, 0.05) is 27.7 Å². The van der Waals surface area contributed by atoms with Crippen LogP contribution in [0, 0.1) is 12.7 Å². The van der Waals surface area contributed by atoms with Gasteiger partial charge in [0.2, 0.25) is 11.8 Å². The van der Waals surface area contributed by atoms with Crippen LogP contribution in [0.4, 0.5) is 10.1 Å². The maximum Gasteiger partial charge on any atom is 0.264 e. The van der Waals surface area contributed by atoms with E-state index in [0.29, 0.717) is 5.56 Å². The Bertz CT molecular complexity index is 1450. The van der Waals surface area contributed by atoms with Crippen LogP contribution in [0.1, 0.15) is 38.8 Å². The van der Waals surface area contributed by atoms with Gasteiger partial charge in [0.15, 0.2) is 0 Å². The molecule has 0 aliphatic carbocycles. The number of nitrogens with zero attached hydrogens (tertiary/aromatic N) is 2. The van der Waals surface area contributed by atoms with Crippen LogP contribution in [0.25, 0.3) is 0 Å². The number of aryl methyl sites for hydroxylation is 1. The molecule has 0 saturated carbocycles. The van der Waals surface area contributed by atoms with Gasteiger partial charge in [-0.05, 0) is 83.1 Å². The molecular formula is C29H32Cl2FN3O4S. The van der Waals surface area contributed by atoms with E-state index >= 15 is 0 Å². The van der Waals surface area contributed by atoms with Crippen LogP contribution in [0.15, 0.2) is 71.6 Å². The van der Waals surface area contributed by atoms with Gasteiger partial charge in [-0.3, -0.25) is 13.9 Å². The molecule has 7 nitrogen and oxygen atoms in total. The number of hydrogen-bond donors (Lipinski definition) is 1. The molecule has 0 aliphatic rings. The summed E-state index contributed by atoms with van der Waals surface area (Å²) in [6.07, 6.45) is 0. The molecule has 3 rings (SSSR count). The third kappa shape index (κ3) is 7.74. The Balaban J connectivity index is 2.07. The van der Waals surface area contributed by atoms with Crippen molar-refractivity contribution in [1.82, 2.24) is 10.2 Å². The molecule has 214 valence electrons. The van der Waals surface area contributed by atoms with Gasteiger partial charge in [0.05, 0.1) is 10.6 Å². The van der Waals surface area contributed by atoms with E-state index in [1.807, 2.05) is 6.92 Å². The van der Waals surface area contributed by atoms with E-state index in [2.05, 4.69) is 5.32 Å². The Kier molecular flexibility index (Phi) is 9.87. The minimum atomic E-state index is -4.27. The summed E-state index contributed by atoms with van der Waals surface area (Å²) in [5.41, 5.74) is 0.754. The van der Waals surface area contributed by atoms with Gasteiger partial charge in [-0.15, -0.1) is 0 Å². The summed E-state index contributed by atoms with van der Waals surface area (Å²) < 4.78 is 42.2. The molecule has 0 saturated heterocycles. The molecule has 0 fully saturated rings. The number of halogens is 3. The van der Waals surface area contributed by atoms with Crippen LogP contribution in [0.5, 0.6) is 0 Å². The highest BCUT2D eigenvalue weighted by Gasteiger charge is 2.34. The van der Waals surface area contributed by atoms with Crippen molar-refractivity contribution in [3.05, 3.63) is 93.7 Å². The molecule has 0 unspecified atom stereocenters. The first kappa shape index (κ1) is 31.4. The number of carbonyl (C=O) groups excluding carboxylic acids is 2. The first-order chi connectivity index (χ1) is 18.6. The number of benzene rings is 3. The first-order valence-corrected chi connectivity index (χ1v) is 14.7. The monoisotopic (exact) mass is 607 g/mol. The molecule has 40 heavy (non-hydrogen) atoms. The summed E-state index contributed by atoms with van der Waals surface area (Å²) in [5.74, 6) is -1.70. The van der Waals surface area contributed by atoms with E-state index in [9.17, 15) is 22.4 Å². The van der Waals surface area contributed by atoms with Crippen molar-refractivity contribution >= 4 is 50.7 Å². The second-order valence-electron chi connectivity index (χ2n) is 10.4. The lowest BCUT2D eigenvalue weighted by atomic mass is 10.1. The average Bonchev–Trinajstić information content (AvgIpc) is 2.86. The van der Waals surface area contributed by atoms with Gasteiger partial charge in [-0.25, -0.2) is 12.8 Å². The Morgan fingerprint density at radius 2 is 1.50 bits per heavy atom. The molecule has 0 aliphatic heterocycles. The first-order valence-electron chi connectivity index (χ1n) is 12.5. The second-order valence-corrected chi connectivity index (χ2v) is 13.1. The highest BCUT2D eigenvalue weighted by molar-refractivity contribution is 7.92. The third-order valence-electron chi connectivity index (χ3n) is 6.06. The molecule has 0 aromatic heterocycles. The van der Waals surface area contributed by atoms with Crippen LogP contribution >= 0.6 is 23.2 Å². The molecule has 0 bridgehead atoms. The molecule has 0 heterocycles. The summed E-state index contributed by atoms with van der Waals surface area (Å²) in [5, 5.41) is 3.43. The molecular weight excluding hydrogens is 576 g/mol. The van der Waals surface area contributed by atoms with Crippen LogP contribution in [-0.4, -0.2) is 43.3 Å². The van der Waals surface area contributed by atoms with Crippen LogP contribution in [-0.2, 0) is 26.2 Å². The minimum absolute atomic E-state index is 0.0468. The lowest BCUT2D eigenvalue weighted by Crippen LogP contribution is -2.54. The predicted molar refractivity (Wildman–Crippen MR) is 156 cm³/mol. The normalized spacial score (nSPS) is 12.5. The standard InChI is InChI=1S/C29H32Cl2FN3O4S/c1-19-9-15-23(16-10-19)40(38,39)35(22-13-11-21(32)12-14-22)18-27(36)34(20(2)28(37)33-29(3,4)5)17-24-25(30)7-6-8-26(24)31/h6-16,20H,17-18H2,1-5H3,(H,33,37)/t20-/m0/s1. The van der Waals surface area contributed by atoms with Gasteiger partial charge in [-0.2, -0.15) is 0 Å². The number of amides is 2. The van der Waals surface area contributed by atoms with Gasteiger partial charge in [-0.1, -0.05) is 47.0 Å². The summed E-state index contributed by atoms with van der Waals surface area (Å²) in [4.78, 5) is 28.3. The molecule has 2 amide bonds. The van der Waals surface area contributed by atoms with Crippen molar-refractivity contribution in [2.45, 2.75) is 57.6 Å². The fourth-order valence-electron chi connectivity index (χ4n) is 3.88. The zero-order valence-corrected chi connectivity index (χ0v) is 25.2. The number of carbonyl (C=O) groups is 2. The van der Waals surface area contributed by atoms with Gasteiger partial charge < -0.3 is 10.2 Å². The van der Waals surface area contributed by atoms with E-state index in [1.165, 1.54) is 29.2 Å². The SMILES string of the molecule is Cc1ccc(S(=O)(=O)N(CC(=O)N(Cc2c(Cl)cccc2Cl)[C@@H](C)C(=O)NC(C)(C)C)c2ccc(F)cc2)cc1. The molecule has 0 radical (unpaired) electrons. The lowest BCUT2D eigenvalue weighted by molar-refractivity contribution is -0.140. The maximum absolute atomic E-state index is 13.9. The Labute approximate surface area is 244 Å². The van der Waals surface area contributed by atoms with Gasteiger partial charge in [0.25, 0.3) is 10.0 Å². The molecule has 3 aromatic rings. The number of rotatable bonds is 9. The topological polar surface area (TPSA) is 86.8 Å². The van der Waals surface area contributed by atoms with Crippen LogP contribution in [0.2, 0.25) is 10.0 Å². The van der Waals surface area contributed by atoms with Crippen molar-refractivity contribution in [2.75, 3.05) is 10.8 Å². The molecule has 1 atom stereocenters. The Hall–Kier alpha value is -3.14. The predicted octanol–water partition coefficient (Wildman–Crippen LogP) is 5.97. The molecule has 1 N–H and O–H groups in total. The maximum atomic E-state index is 13.9. The lowest BCUT2D eigenvalue weighted by Gasteiger charge is -2.33. The summed E-state index contributed by atoms with van der Waals surface area (Å²) in [6.45, 7) is 7.95. The van der Waals surface area contributed by atoms with E-state index in [4.69, 9.17) is 23.2 Å². The van der Waals surface area contributed by atoms with E-state index in [-0.39, 0.29) is 27.2 Å². The van der Waals surface area contributed by atoms with Crippen molar-refractivity contribution in [3.63, 3.8) is 0 Å². The van der Waals surface area contributed by atoms with E-state index in [1.54, 1.807) is 58.0 Å². The van der Waals surface area contributed by atoms with Gasteiger partial charge >= 0.3 is 0 Å². The molecule has 0 spiro atoms. The zero-order chi connectivity index (χ0) is 29.8. The molecule has 11 heteroatoms. The van der Waals surface area contributed by atoms with E-state index < -0.39 is 45.8 Å². The number of nitrogens with one attached hydrogen (secondary N) is 1. The Morgan fingerprint density at radius 1 is 0.950 bits per heavy atom. The number of hydrogen-bond acceptors (Lipinski definition) is 4. The smallest absolute Gasteiger partial charge is 0.264 e. The summed E-state index contributed by atoms with van der Waals surface area (Å²) >= 11 is 12.8. The summed E-state index contributed by atoms with van der Waals surface area (Å²) in [6, 6.07) is 14.8.